The second-order valence-corrected chi connectivity index (χ2v) is 8.26. The summed E-state index contributed by atoms with van der Waals surface area (Å²) in [6.45, 7) is 1.19. The van der Waals surface area contributed by atoms with E-state index in [-0.39, 0.29) is 35.7 Å². The molecule has 0 saturated carbocycles. The van der Waals surface area contributed by atoms with Crippen molar-refractivity contribution in [2.75, 3.05) is 30.5 Å². The Morgan fingerprint density at radius 2 is 1.96 bits per heavy atom. The Morgan fingerprint density at radius 3 is 2.65 bits per heavy atom. The molecular weight excluding hydrogens is 378 g/mol. The number of aliphatic hydroxyl groups excluding tert-OH is 1. The van der Waals surface area contributed by atoms with Crippen LogP contribution in [-0.4, -0.2) is 51.7 Å². The molecule has 2 aromatic rings. The van der Waals surface area contributed by atoms with E-state index in [4.69, 9.17) is 0 Å². The lowest BCUT2D eigenvalue weighted by molar-refractivity contribution is -0.119. The lowest BCUT2D eigenvalue weighted by Crippen LogP contribution is -2.42. The minimum atomic E-state index is -3.73. The van der Waals surface area contributed by atoms with Crippen molar-refractivity contribution in [3.63, 3.8) is 0 Å². The normalized spacial score (nSPS) is 23.0. The van der Waals surface area contributed by atoms with Gasteiger partial charge in [0, 0.05) is 30.9 Å². The molecular formula is C17H20ClN3O4S. The van der Waals surface area contributed by atoms with Crippen molar-refractivity contribution in [2.45, 2.75) is 11.0 Å². The molecule has 3 N–H and O–H groups in total. The number of sulfonamides is 1. The first-order valence-corrected chi connectivity index (χ1v) is 9.62. The Labute approximate surface area is 157 Å². The minimum Gasteiger partial charge on any atom is -0.391 e. The van der Waals surface area contributed by atoms with Crippen LogP contribution in [0.2, 0.25) is 0 Å². The average Bonchev–Trinajstić information content (AvgIpc) is 3.09. The Bertz CT molecular complexity index is 945. The number of carbonyl (C=O) groups is 1. The van der Waals surface area contributed by atoms with E-state index >= 15 is 0 Å². The molecule has 2 aliphatic heterocycles. The van der Waals surface area contributed by atoms with Crippen molar-refractivity contribution in [1.29, 1.82) is 0 Å². The highest BCUT2D eigenvalue weighted by atomic mass is 35.5. The molecule has 2 aliphatic rings. The van der Waals surface area contributed by atoms with E-state index in [0.29, 0.717) is 30.7 Å². The van der Waals surface area contributed by atoms with Crippen LogP contribution in [0.15, 0.2) is 41.3 Å². The van der Waals surface area contributed by atoms with Crippen molar-refractivity contribution in [2.24, 2.45) is 5.92 Å². The summed E-state index contributed by atoms with van der Waals surface area (Å²) in [5.41, 5.74) is 0.533. The third-order valence-electron chi connectivity index (χ3n) is 4.83. The second kappa shape index (κ2) is 7.03. The number of hydrogen-bond acceptors (Lipinski definition) is 5. The number of nitrogens with one attached hydrogen (secondary N) is 2. The van der Waals surface area contributed by atoms with Crippen LogP contribution in [0, 0.1) is 5.92 Å². The van der Waals surface area contributed by atoms with Crippen LogP contribution in [0.4, 0.5) is 5.69 Å². The predicted molar refractivity (Wildman–Crippen MR) is 101 cm³/mol. The second-order valence-electron chi connectivity index (χ2n) is 6.43. The topological polar surface area (TPSA) is 98.7 Å². The van der Waals surface area contributed by atoms with E-state index < -0.39 is 16.1 Å². The third-order valence-corrected chi connectivity index (χ3v) is 6.64. The van der Waals surface area contributed by atoms with Gasteiger partial charge in [0.25, 0.3) is 10.0 Å². The number of benzene rings is 2. The lowest BCUT2D eigenvalue weighted by atomic mass is 10.1. The van der Waals surface area contributed by atoms with E-state index in [0.717, 1.165) is 9.69 Å². The molecule has 0 aliphatic carbocycles. The first kappa shape index (κ1) is 18.9. The molecule has 1 amide bonds. The van der Waals surface area contributed by atoms with Crippen molar-refractivity contribution in [1.82, 2.24) is 10.6 Å². The molecule has 1 saturated heterocycles. The number of anilines is 1. The Hall–Kier alpha value is -1.87. The van der Waals surface area contributed by atoms with Crippen molar-refractivity contribution in [3.05, 3.63) is 36.4 Å². The zero-order valence-corrected chi connectivity index (χ0v) is 15.5. The van der Waals surface area contributed by atoms with Gasteiger partial charge in [-0.1, -0.05) is 24.3 Å². The van der Waals surface area contributed by atoms with Gasteiger partial charge in [-0.25, -0.2) is 8.42 Å². The molecule has 2 atom stereocenters. The molecule has 0 aromatic heterocycles. The van der Waals surface area contributed by atoms with Gasteiger partial charge in [-0.05, 0) is 17.5 Å². The molecule has 2 aromatic carbocycles. The van der Waals surface area contributed by atoms with E-state index in [1.165, 1.54) is 0 Å². The van der Waals surface area contributed by atoms with Crippen molar-refractivity contribution in [3.8, 4) is 0 Å². The number of rotatable bonds is 4. The van der Waals surface area contributed by atoms with Crippen molar-refractivity contribution < 1.29 is 18.3 Å². The quantitative estimate of drug-likeness (QED) is 0.696. The summed E-state index contributed by atoms with van der Waals surface area (Å²) < 4.78 is 26.8. The molecule has 0 bridgehead atoms. The summed E-state index contributed by atoms with van der Waals surface area (Å²) in [7, 11) is -3.73. The van der Waals surface area contributed by atoms with Gasteiger partial charge in [-0.3, -0.25) is 9.10 Å². The van der Waals surface area contributed by atoms with Gasteiger partial charge in [0.2, 0.25) is 5.91 Å². The number of β-amino-alcohol motifs (C(OH)–C–C–N with tert-alkyl or cyclic N) is 1. The third kappa shape index (κ3) is 3.03. The number of amides is 1. The van der Waals surface area contributed by atoms with Gasteiger partial charge in [-0.2, -0.15) is 0 Å². The summed E-state index contributed by atoms with van der Waals surface area (Å²) in [6.07, 6.45) is -0.492. The van der Waals surface area contributed by atoms with Crippen LogP contribution in [0.25, 0.3) is 10.8 Å². The van der Waals surface area contributed by atoms with Gasteiger partial charge in [0.05, 0.1) is 16.7 Å². The molecule has 7 nitrogen and oxygen atoms in total. The molecule has 2 unspecified atom stereocenters. The molecule has 0 spiro atoms. The summed E-state index contributed by atoms with van der Waals surface area (Å²) in [4.78, 5) is 12.5. The zero-order chi connectivity index (χ0) is 17.6. The van der Waals surface area contributed by atoms with Gasteiger partial charge >= 0.3 is 0 Å². The van der Waals surface area contributed by atoms with Crippen LogP contribution in [0.5, 0.6) is 0 Å². The highest BCUT2D eigenvalue weighted by Gasteiger charge is 2.36. The Morgan fingerprint density at radius 1 is 1.23 bits per heavy atom. The SMILES string of the molecule is Cl.O=C(CN1c2cccc3cccc(c23)S1(=O)=O)NCC1CNCC1O. The van der Waals surface area contributed by atoms with Crippen LogP contribution in [-0.2, 0) is 14.8 Å². The first-order chi connectivity index (χ1) is 12.0. The molecule has 2 heterocycles. The Balaban J connectivity index is 0.00000196. The zero-order valence-electron chi connectivity index (χ0n) is 13.9. The maximum absolute atomic E-state index is 12.8. The number of nitrogens with zero attached hydrogens (tertiary/aromatic N) is 1. The largest absolute Gasteiger partial charge is 0.391 e. The predicted octanol–water partition coefficient (Wildman–Crippen LogP) is 0.467. The number of hydrogen-bond donors (Lipinski definition) is 3. The van der Waals surface area contributed by atoms with Gasteiger partial charge in [0.1, 0.15) is 6.54 Å². The highest BCUT2D eigenvalue weighted by Crippen LogP contribution is 2.41. The van der Waals surface area contributed by atoms with E-state index in [9.17, 15) is 18.3 Å². The fourth-order valence-corrected chi connectivity index (χ4v) is 5.15. The molecule has 4 rings (SSSR count). The number of carbonyl (C=O) groups excluding carboxylic acids is 1. The summed E-state index contributed by atoms with van der Waals surface area (Å²) in [5, 5.41) is 17.0. The summed E-state index contributed by atoms with van der Waals surface area (Å²) in [6, 6.07) is 10.5. The lowest BCUT2D eigenvalue weighted by Gasteiger charge is -2.19. The van der Waals surface area contributed by atoms with E-state index in [1.54, 1.807) is 24.3 Å². The smallest absolute Gasteiger partial charge is 0.265 e. The van der Waals surface area contributed by atoms with Crippen LogP contribution < -0.4 is 14.9 Å². The fourth-order valence-electron chi connectivity index (χ4n) is 3.49. The number of halogens is 1. The molecule has 26 heavy (non-hydrogen) atoms. The first-order valence-electron chi connectivity index (χ1n) is 8.18. The van der Waals surface area contributed by atoms with Gasteiger partial charge < -0.3 is 15.7 Å². The van der Waals surface area contributed by atoms with Crippen molar-refractivity contribution >= 4 is 44.8 Å². The fraction of sp³-hybridized carbons (Fsp3) is 0.353. The van der Waals surface area contributed by atoms with Crippen LogP contribution >= 0.6 is 12.4 Å². The highest BCUT2D eigenvalue weighted by molar-refractivity contribution is 7.93. The monoisotopic (exact) mass is 397 g/mol. The molecule has 140 valence electrons. The summed E-state index contributed by atoms with van der Waals surface area (Å²) in [5.74, 6) is -0.438. The van der Waals surface area contributed by atoms with Gasteiger partial charge in [-0.15, -0.1) is 12.4 Å². The molecule has 0 radical (unpaired) electrons. The van der Waals surface area contributed by atoms with Crippen LogP contribution in [0.3, 0.4) is 0 Å². The summed E-state index contributed by atoms with van der Waals surface area (Å²) >= 11 is 0. The van der Waals surface area contributed by atoms with Crippen LogP contribution in [0.1, 0.15) is 0 Å². The van der Waals surface area contributed by atoms with E-state index in [2.05, 4.69) is 10.6 Å². The van der Waals surface area contributed by atoms with Gasteiger partial charge in [0.15, 0.2) is 0 Å². The average molecular weight is 398 g/mol. The molecule has 1 fully saturated rings. The maximum atomic E-state index is 12.8. The maximum Gasteiger partial charge on any atom is 0.265 e. The van der Waals surface area contributed by atoms with E-state index in [1.807, 2.05) is 12.1 Å². The minimum absolute atomic E-state index is 0. The number of aliphatic hydroxyl groups is 1. The standard InChI is InChI=1S/C17H19N3O4S.ClH/c21-14-9-18-7-12(14)8-19-16(22)10-20-13-5-1-3-11-4-2-6-15(17(11)13)25(20,23)24;/h1-6,12,14,18,21H,7-10H2,(H,19,22);1H. The Kier molecular flexibility index (Phi) is 5.12. The molecule has 9 heteroatoms.